The maximum absolute atomic E-state index is 15.1. The lowest BCUT2D eigenvalue weighted by molar-refractivity contribution is -0.107. The van der Waals surface area contributed by atoms with Crippen molar-refractivity contribution in [3.8, 4) is 17.2 Å². The number of rotatable bonds is 9. The van der Waals surface area contributed by atoms with Crippen molar-refractivity contribution in [3.05, 3.63) is 89.6 Å². The lowest BCUT2D eigenvalue weighted by atomic mass is 9.92. The van der Waals surface area contributed by atoms with Gasteiger partial charge in [-0.25, -0.2) is 18.9 Å². The molecule has 0 spiro atoms. The number of ether oxygens (including phenoxy) is 2. The number of aromatic nitrogens is 3. The summed E-state index contributed by atoms with van der Waals surface area (Å²) >= 11 is 0. The first-order valence-electron chi connectivity index (χ1n) is 12.0. The van der Waals surface area contributed by atoms with E-state index < -0.39 is 17.7 Å². The Morgan fingerprint density at radius 3 is 2.48 bits per heavy atom. The summed E-state index contributed by atoms with van der Waals surface area (Å²) in [6.45, 7) is 5.88. The van der Waals surface area contributed by atoms with Gasteiger partial charge in [-0.15, -0.1) is 0 Å². The van der Waals surface area contributed by atoms with Crippen LogP contribution in [0.3, 0.4) is 0 Å². The fourth-order valence-corrected chi connectivity index (χ4v) is 3.64. The number of hydrazine groups is 1. The second-order valence-electron chi connectivity index (χ2n) is 9.66. The highest BCUT2D eigenvalue weighted by Crippen LogP contribution is 2.30. The summed E-state index contributed by atoms with van der Waals surface area (Å²) in [5.74, 6) is -1.32. The van der Waals surface area contributed by atoms with E-state index >= 15 is 4.39 Å². The molecule has 0 bridgehead atoms. The third-order valence-electron chi connectivity index (χ3n) is 5.72. The molecule has 0 saturated carbocycles. The van der Waals surface area contributed by atoms with Crippen LogP contribution in [0, 0.1) is 5.82 Å². The molecule has 0 radical (unpaired) electrons. The van der Waals surface area contributed by atoms with Crippen LogP contribution in [0.25, 0.3) is 5.69 Å². The molecule has 4 rings (SSSR count). The van der Waals surface area contributed by atoms with E-state index in [0.717, 1.165) is 11.1 Å². The van der Waals surface area contributed by atoms with Crippen molar-refractivity contribution in [1.29, 1.82) is 0 Å². The number of primary amides is 1. The zero-order valence-electron chi connectivity index (χ0n) is 22.2. The highest BCUT2D eigenvalue weighted by Gasteiger charge is 2.24. The van der Waals surface area contributed by atoms with Crippen LogP contribution in [0.1, 0.15) is 47.3 Å². The average molecular weight is 547 g/mol. The minimum Gasteiger partial charge on any atom is -0.465 e. The van der Waals surface area contributed by atoms with Crippen LogP contribution in [0.2, 0.25) is 0 Å². The molecule has 0 atom stereocenters. The van der Waals surface area contributed by atoms with Gasteiger partial charge in [0.2, 0.25) is 6.41 Å². The van der Waals surface area contributed by atoms with E-state index in [4.69, 9.17) is 15.2 Å². The van der Waals surface area contributed by atoms with Crippen LogP contribution in [-0.2, 0) is 14.9 Å². The van der Waals surface area contributed by atoms with Gasteiger partial charge in [-0.2, -0.15) is 5.10 Å². The second kappa shape index (κ2) is 11.2. The van der Waals surface area contributed by atoms with Gasteiger partial charge in [-0.1, -0.05) is 26.8 Å². The third kappa shape index (κ3) is 6.07. The molecule has 0 aliphatic heterocycles. The molecule has 2 heterocycles. The Morgan fingerprint density at radius 2 is 1.82 bits per heavy atom. The Kier molecular flexibility index (Phi) is 7.80. The standard InChI is InChI=1S/C28H27FN6O5/c1-28(2,3)24-15-25(35(33-24)18-7-5-6-17(12-18)27(38)39-4)34(16-36)32-22-9-8-19(13-21(22)29)40-20-10-11-31-23(14-20)26(30)37/h5-16,32H,1-4H3,(H2,30,37). The van der Waals surface area contributed by atoms with E-state index in [-0.39, 0.29) is 34.1 Å². The van der Waals surface area contributed by atoms with Crippen molar-refractivity contribution in [3.63, 3.8) is 0 Å². The number of nitrogens with one attached hydrogen (secondary N) is 1. The monoisotopic (exact) mass is 546 g/mol. The van der Waals surface area contributed by atoms with Gasteiger partial charge in [0.25, 0.3) is 5.91 Å². The number of benzene rings is 2. The summed E-state index contributed by atoms with van der Waals surface area (Å²) in [6.07, 6.45) is 1.83. The third-order valence-corrected chi connectivity index (χ3v) is 5.72. The van der Waals surface area contributed by atoms with Gasteiger partial charge in [0, 0.05) is 29.8 Å². The van der Waals surface area contributed by atoms with E-state index in [1.54, 1.807) is 30.3 Å². The normalized spacial score (nSPS) is 11.0. The fourth-order valence-electron chi connectivity index (χ4n) is 3.64. The van der Waals surface area contributed by atoms with Gasteiger partial charge in [0.05, 0.1) is 29.7 Å². The number of carbonyl (C=O) groups is 3. The molecule has 12 heteroatoms. The molecule has 0 aliphatic carbocycles. The molecular formula is C28H27FN6O5. The van der Waals surface area contributed by atoms with Crippen LogP contribution in [-0.4, -0.2) is 40.2 Å². The zero-order valence-corrected chi connectivity index (χ0v) is 22.2. The maximum Gasteiger partial charge on any atom is 0.337 e. The summed E-state index contributed by atoms with van der Waals surface area (Å²) in [5, 5.41) is 5.74. The summed E-state index contributed by atoms with van der Waals surface area (Å²) in [7, 11) is 1.28. The van der Waals surface area contributed by atoms with Crippen molar-refractivity contribution >= 4 is 29.8 Å². The molecule has 3 N–H and O–H groups in total. The van der Waals surface area contributed by atoms with Crippen LogP contribution >= 0.6 is 0 Å². The SMILES string of the molecule is COC(=O)c1cccc(-n2nc(C(C)(C)C)cc2N(C=O)Nc2ccc(Oc3ccnc(C(N)=O)c3)cc2F)c1. The quantitative estimate of drug-likeness (QED) is 0.179. The highest BCUT2D eigenvalue weighted by molar-refractivity contribution is 5.91. The van der Waals surface area contributed by atoms with Gasteiger partial charge >= 0.3 is 5.97 Å². The molecule has 4 aromatic rings. The topological polar surface area (TPSA) is 142 Å². The van der Waals surface area contributed by atoms with Crippen molar-refractivity contribution in [1.82, 2.24) is 14.8 Å². The van der Waals surface area contributed by atoms with Crippen LogP contribution in [0.4, 0.5) is 15.9 Å². The number of nitrogens with zero attached hydrogens (tertiary/aromatic N) is 4. The first kappa shape index (κ1) is 27.8. The predicted molar refractivity (Wildman–Crippen MR) is 145 cm³/mol. The number of methoxy groups -OCH3 is 1. The Hall–Kier alpha value is -5.26. The van der Waals surface area contributed by atoms with E-state index in [9.17, 15) is 14.4 Å². The van der Waals surface area contributed by atoms with Gasteiger partial charge in [0.15, 0.2) is 11.6 Å². The van der Waals surface area contributed by atoms with Gasteiger partial charge in [0.1, 0.15) is 17.2 Å². The number of esters is 1. The number of hydrogen-bond donors (Lipinski definition) is 2. The predicted octanol–water partition coefficient (Wildman–Crippen LogP) is 4.37. The van der Waals surface area contributed by atoms with Gasteiger partial charge in [-0.3, -0.25) is 20.0 Å². The Bertz CT molecular complexity index is 1580. The minimum atomic E-state index is -0.726. The molecule has 2 aromatic heterocycles. The van der Waals surface area contributed by atoms with Crippen molar-refractivity contribution < 1.29 is 28.2 Å². The van der Waals surface area contributed by atoms with E-state index in [1.807, 2.05) is 20.8 Å². The molecule has 0 aliphatic rings. The van der Waals surface area contributed by atoms with Crippen LogP contribution in [0.15, 0.2) is 66.9 Å². The van der Waals surface area contributed by atoms with Crippen molar-refractivity contribution in [2.24, 2.45) is 5.73 Å². The minimum absolute atomic E-state index is 0.00115. The maximum atomic E-state index is 15.1. The lowest BCUT2D eigenvalue weighted by Gasteiger charge is -2.21. The Labute approximate surface area is 229 Å². The van der Waals surface area contributed by atoms with Gasteiger partial charge in [-0.05, 0) is 36.4 Å². The first-order chi connectivity index (χ1) is 19.0. The molecular weight excluding hydrogens is 519 g/mol. The summed E-state index contributed by atoms with van der Waals surface area (Å²) in [5.41, 5.74) is 9.02. The van der Waals surface area contributed by atoms with Crippen molar-refractivity contribution in [2.75, 3.05) is 17.5 Å². The fraction of sp³-hybridized carbons (Fsp3) is 0.179. The number of carbonyl (C=O) groups excluding carboxylic acids is 3. The second-order valence-corrected chi connectivity index (χ2v) is 9.66. The summed E-state index contributed by atoms with van der Waals surface area (Å²) in [6, 6.07) is 15.1. The molecule has 2 aromatic carbocycles. The molecule has 0 saturated heterocycles. The van der Waals surface area contributed by atoms with E-state index in [0.29, 0.717) is 23.4 Å². The van der Waals surface area contributed by atoms with E-state index in [2.05, 4.69) is 15.5 Å². The van der Waals surface area contributed by atoms with Crippen LogP contribution < -0.4 is 20.9 Å². The first-order valence-corrected chi connectivity index (χ1v) is 12.0. The molecule has 40 heavy (non-hydrogen) atoms. The average Bonchev–Trinajstić information content (AvgIpc) is 3.39. The highest BCUT2D eigenvalue weighted by atomic mass is 19.1. The van der Waals surface area contributed by atoms with E-state index in [1.165, 1.54) is 42.3 Å². The summed E-state index contributed by atoms with van der Waals surface area (Å²) in [4.78, 5) is 39.5. The number of halogens is 1. The Balaban J connectivity index is 1.66. The molecule has 0 fully saturated rings. The number of hydrogen-bond acceptors (Lipinski definition) is 8. The molecule has 206 valence electrons. The number of nitrogens with two attached hydrogens (primary N) is 1. The zero-order chi connectivity index (χ0) is 29.0. The molecule has 2 amide bonds. The number of anilines is 2. The number of amides is 2. The smallest absolute Gasteiger partial charge is 0.337 e. The molecule has 11 nitrogen and oxygen atoms in total. The molecule has 0 unspecified atom stereocenters. The van der Waals surface area contributed by atoms with Crippen molar-refractivity contribution in [2.45, 2.75) is 26.2 Å². The summed E-state index contributed by atoms with van der Waals surface area (Å²) < 4.78 is 27.0. The largest absolute Gasteiger partial charge is 0.465 e. The van der Waals surface area contributed by atoms with Crippen LogP contribution in [0.5, 0.6) is 11.5 Å². The lowest BCUT2D eigenvalue weighted by Crippen LogP contribution is -2.30. The number of pyridine rings is 1. The van der Waals surface area contributed by atoms with Gasteiger partial charge < -0.3 is 15.2 Å². The Morgan fingerprint density at radius 1 is 1.07 bits per heavy atom.